The highest BCUT2D eigenvalue weighted by Gasteiger charge is 2.35. The Morgan fingerprint density at radius 2 is 1.33 bits per heavy atom. The highest BCUT2D eigenvalue weighted by molar-refractivity contribution is 6.00. The van der Waals surface area contributed by atoms with Crippen LogP contribution >= 0.6 is 0 Å². The lowest BCUT2D eigenvalue weighted by Crippen LogP contribution is -2.58. The maximum Gasteiger partial charge on any atom is 0.318 e. The number of hydrogen-bond donors (Lipinski definition) is 2. The SMILES string of the molecule is O=C(NC(Cc1c[nH]c2ccccc12)C(=O)N1CC(CN(Cc2ccccc2)Cc2ccccc2)Cc2ccccc21)N1CCN(c2ccccc2)CC1. The number of carbonyl (C=O) groups is 2. The number of hydrogen-bond acceptors (Lipinski definition) is 4. The minimum atomic E-state index is -0.750. The summed E-state index contributed by atoms with van der Waals surface area (Å²) in [6.45, 7) is 5.69. The molecule has 8 heteroatoms. The van der Waals surface area contributed by atoms with Gasteiger partial charge >= 0.3 is 6.03 Å². The fraction of sp³-hybridized carbons (Fsp3) is 0.261. The van der Waals surface area contributed by atoms with Crippen molar-refractivity contribution in [2.24, 2.45) is 5.92 Å². The number of carbonyl (C=O) groups excluding carboxylic acids is 2. The number of aromatic nitrogens is 1. The van der Waals surface area contributed by atoms with E-state index < -0.39 is 6.04 Å². The topological polar surface area (TPSA) is 74.9 Å². The van der Waals surface area contributed by atoms with Gasteiger partial charge in [0.1, 0.15) is 6.04 Å². The molecule has 0 saturated carbocycles. The van der Waals surface area contributed by atoms with Crippen molar-refractivity contribution in [2.45, 2.75) is 32.0 Å². The van der Waals surface area contributed by atoms with Gasteiger partial charge in [-0.1, -0.05) is 115 Å². The van der Waals surface area contributed by atoms with Crippen LogP contribution in [0.25, 0.3) is 10.9 Å². The zero-order chi connectivity index (χ0) is 36.7. The van der Waals surface area contributed by atoms with Gasteiger partial charge in [0, 0.05) is 87.3 Å². The Morgan fingerprint density at radius 3 is 2.04 bits per heavy atom. The molecule has 5 aromatic carbocycles. The monoisotopic (exact) mass is 716 g/mol. The van der Waals surface area contributed by atoms with Crippen molar-refractivity contribution in [3.8, 4) is 0 Å². The van der Waals surface area contributed by atoms with E-state index in [4.69, 9.17) is 0 Å². The average Bonchev–Trinajstić information content (AvgIpc) is 3.63. The molecular formula is C46H48N6O2. The van der Waals surface area contributed by atoms with Gasteiger partial charge in [-0.15, -0.1) is 0 Å². The second kappa shape index (κ2) is 16.4. The molecular weight excluding hydrogens is 669 g/mol. The molecule has 2 aliphatic heterocycles. The summed E-state index contributed by atoms with van der Waals surface area (Å²) in [6, 6.07) is 47.0. The molecule has 3 heterocycles. The molecule has 6 aromatic rings. The predicted octanol–water partition coefficient (Wildman–Crippen LogP) is 7.52. The number of piperazine rings is 1. The number of aromatic amines is 1. The number of benzene rings is 5. The van der Waals surface area contributed by atoms with E-state index >= 15 is 4.79 Å². The molecule has 8 rings (SSSR count). The first kappa shape index (κ1) is 35.2. The summed E-state index contributed by atoms with van der Waals surface area (Å²) in [4.78, 5) is 41.1. The van der Waals surface area contributed by atoms with Crippen molar-refractivity contribution in [1.29, 1.82) is 0 Å². The van der Waals surface area contributed by atoms with Gasteiger partial charge in [-0.05, 0) is 58.9 Å². The minimum absolute atomic E-state index is 0.0774. The first-order chi connectivity index (χ1) is 26.6. The molecule has 274 valence electrons. The number of fused-ring (bicyclic) bond motifs is 2. The van der Waals surface area contributed by atoms with Crippen molar-refractivity contribution in [2.75, 3.05) is 49.1 Å². The normalized spacial score (nSPS) is 16.3. The van der Waals surface area contributed by atoms with Crippen molar-refractivity contribution in [3.05, 3.63) is 168 Å². The van der Waals surface area contributed by atoms with Crippen LogP contribution in [-0.2, 0) is 30.7 Å². The zero-order valence-electron chi connectivity index (χ0n) is 30.7. The molecule has 1 fully saturated rings. The summed E-state index contributed by atoms with van der Waals surface area (Å²) in [5.74, 6) is 0.123. The van der Waals surface area contributed by atoms with E-state index in [1.54, 1.807) is 0 Å². The van der Waals surface area contributed by atoms with Gasteiger partial charge in [-0.2, -0.15) is 0 Å². The number of rotatable bonds is 11. The Hall–Kier alpha value is -5.86. The predicted molar refractivity (Wildman–Crippen MR) is 218 cm³/mol. The van der Waals surface area contributed by atoms with Crippen LogP contribution in [0.3, 0.4) is 0 Å². The van der Waals surface area contributed by atoms with Gasteiger partial charge in [0.2, 0.25) is 5.91 Å². The molecule has 3 amide bonds. The lowest BCUT2D eigenvalue weighted by molar-refractivity contribution is -0.120. The number of amides is 3. The van der Waals surface area contributed by atoms with Gasteiger partial charge in [0.25, 0.3) is 0 Å². The molecule has 1 aromatic heterocycles. The molecule has 0 aliphatic carbocycles. The van der Waals surface area contributed by atoms with Gasteiger partial charge < -0.3 is 25.0 Å². The van der Waals surface area contributed by atoms with Crippen LogP contribution in [0.15, 0.2) is 146 Å². The Morgan fingerprint density at radius 1 is 0.722 bits per heavy atom. The van der Waals surface area contributed by atoms with E-state index in [1.807, 2.05) is 58.5 Å². The molecule has 0 spiro atoms. The van der Waals surface area contributed by atoms with Gasteiger partial charge in [-0.3, -0.25) is 9.69 Å². The van der Waals surface area contributed by atoms with Crippen LogP contribution in [0.1, 0.15) is 22.3 Å². The molecule has 1 saturated heterocycles. The third-order valence-corrected chi connectivity index (χ3v) is 10.9. The summed E-state index contributed by atoms with van der Waals surface area (Å²) >= 11 is 0. The van der Waals surface area contributed by atoms with E-state index in [9.17, 15) is 4.79 Å². The smallest absolute Gasteiger partial charge is 0.318 e. The Labute approximate surface area is 318 Å². The van der Waals surface area contributed by atoms with E-state index in [0.717, 1.165) is 72.5 Å². The second-order valence-corrected chi connectivity index (χ2v) is 14.7. The molecule has 2 atom stereocenters. The number of urea groups is 1. The number of H-pyrrole nitrogens is 1. The summed E-state index contributed by atoms with van der Waals surface area (Å²) in [6.07, 6.45) is 3.25. The van der Waals surface area contributed by atoms with Crippen molar-refractivity contribution >= 4 is 34.2 Å². The second-order valence-electron chi connectivity index (χ2n) is 14.7. The maximum atomic E-state index is 15.1. The van der Waals surface area contributed by atoms with Gasteiger partial charge in [-0.25, -0.2) is 4.79 Å². The van der Waals surface area contributed by atoms with Crippen molar-refractivity contribution in [1.82, 2.24) is 20.1 Å². The zero-order valence-corrected chi connectivity index (χ0v) is 30.7. The van der Waals surface area contributed by atoms with E-state index in [-0.39, 0.29) is 17.9 Å². The first-order valence-corrected chi connectivity index (χ1v) is 19.2. The summed E-state index contributed by atoms with van der Waals surface area (Å²) in [5, 5.41) is 4.31. The average molecular weight is 717 g/mol. The number of nitrogens with zero attached hydrogens (tertiary/aromatic N) is 4. The van der Waals surface area contributed by atoms with E-state index in [1.165, 1.54) is 11.1 Å². The summed E-state index contributed by atoms with van der Waals surface area (Å²) in [5.41, 5.74) is 7.82. The van der Waals surface area contributed by atoms with Crippen LogP contribution in [-0.4, -0.2) is 72.0 Å². The molecule has 2 aliphatic rings. The molecule has 2 N–H and O–H groups in total. The quantitative estimate of drug-likeness (QED) is 0.146. The Balaban J connectivity index is 1.04. The highest BCUT2D eigenvalue weighted by atomic mass is 16.2. The fourth-order valence-corrected chi connectivity index (χ4v) is 8.20. The van der Waals surface area contributed by atoms with Crippen molar-refractivity contribution in [3.63, 3.8) is 0 Å². The number of para-hydroxylation sites is 3. The lowest BCUT2D eigenvalue weighted by Gasteiger charge is -2.39. The summed E-state index contributed by atoms with van der Waals surface area (Å²) in [7, 11) is 0. The van der Waals surface area contributed by atoms with Crippen molar-refractivity contribution < 1.29 is 9.59 Å². The van der Waals surface area contributed by atoms with E-state index in [2.05, 4.69) is 117 Å². The maximum absolute atomic E-state index is 15.1. The minimum Gasteiger partial charge on any atom is -0.368 e. The Kier molecular flexibility index (Phi) is 10.7. The van der Waals surface area contributed by atoms with Crippen LogP contribution in [0.4, 0.5) is 16.2 Å². The molecule has 0 radical (unpaired) electrons. The van der Waals surface area contributed by atoms with Gasteiger partial charge in [0.15, 0.2) is 0 Å². The van der Waals surface area contributed by atoms with Crippen LogP contribution in [0, 0.1) is 5.92 Å². The molecule has 2 unspecified atom stereocenters. The van der Waals surface area contributed by atoms with Crippen LogP contribution in [0.5, 0.6) is 0 Å². The van der Waals surface area contributed by atoms with E-state index in [0.29, 0.717) is 26.1 Å². The molecule has 8 nitrogen and oxygen atoms in total. The number of nitrogens with one attached hydrogen (secondary N) is 2. The standard InChI is InChI=1S/C46H48N6O2/c53-45(43(29-39-30-47-42-22-12-11-21-41(39)42)48-46(54)51-26-24-50(25-27-51)40-19-8-3-9-20-40)52-34-37(28-38-18-10-13-23-44(38)52)33-49(31-35-14-4-1-5-15-35)32-36-16-6-2-7-17-36/h1-23,30,37,43,47H,24-29,31-34H2,(H,48,54). The number of anilines is 2. The van der Waals surface area contributed by atoms with Crippen LogP contribution in [0.2, 0.25) is 0 Å². The Bertz CT molecular complexity index is 2100. The fourth-order valence-electron chi connectivity index (χ4n) is 8.20. The molecule has 54 heavy (non-hydrogen) atoms. The van der Waals surface area contributed by atoms with Crippen LogP contribution < -0.4 is 15.1 Å². The lowest BCUT2D eigenvalue weighted by atomic mass is 9.90. The third kappa shape index (κ3) is 8.19. The molecule has 0 bridgehead atoms. The largest absolute Gasteiger partial charge is 0.368 e. The third-order valence-electron chi connectivity index (χ3n) is 10.9. The van der Waals surface area contributed by atoms with Gasteiger partial charge in [0.05, 0.1) is 0 Å². The highest BCUT2D eigenvalue weighted by Crippen LogP contribution is 2.32. The first-order valence-electron chi connectivity index (χ1n) is 19.2. The summed E-state index contributed by atoms with van der Waals surface area (Å²) < 4.78 is 0.